The summed E-state index contributed by atoms with van der Waals surface area (Å²) >= 11 is 0. The van der Waals surface area contributed by atoms with Crippen LogP contribution in [0.25, 0.3) is 0 Å². The second-order valence-electron chi connectivity index (χ2n) is 4.93. The molecule has 0 heterocycles. The van der Waals surface area contributed by atoms with Crippen LogP contribution < -0.4 is 10.1 Å². The Kier molecular flexibility index (Phi) is 5.74. The van der Waals surface area contributed by atoms with Crippen LogP contribution in [-0.4, -0.2) is 12.1 Å². The Morgan fingerprint density at radius 1 is 1.17 bits per heavy atom. The van der Waals surface area contributed by atoms with Crippen LogP contribution in [0.15, 0.2) is 24.3 Å². The van der Waals surface area contributed by atoms with Gasteiger partial charge >= 0.3 is 0 Å². The van der Waals surface area contributed by atoms with E-state index in [4.69, 9.17) is 11.2 Å². The highest BCUT2D eigenvalue weighted by molar-refractivity contribution is 5.29. The monoisotopic (exact) mass is 245 g/mol. The largest absolute Gasteiger partial charge is 0.491 e. The topological polar surface area (TPSA) is 21.3 Å². The normalized spacial score (nSPS) is 14.0. The second-order valence-corrected chi connectivity index (χ2v) is 4.93. The molecule has 0 bridgehead atoms. The maximum Gasteiger partial charge on any atom is 0.119 e. The molecule has 98 valence electrons. The SMILES string of the molecule is C#CCC(C)NC(C)c1ccc(OC(C)C)cc1. The fourth-order valence-corrected chi connectivity index (χ4v) is 1.87. The van der Waals surface area contributed by atoms with Gasteiger partial charge in [0.2, 0.25) is 0 Å². The first-order valence-electron chi connectivity index (χ1n) is 6.49. The molecule has 2 nitrogen and oxygen atoms in total. The first-order valence-corrected chi connectivity index (χ1v) is 6.49. The molecule has 0 aliphatic rings. The highest BCUT2D eigenvalue weighted by atomic mass is 16.5. The van der Waals surface area contributed by atoms with E-state index in [2.05, 4.69) is 37.2 Å². The summed E-state index contributed by atoms with van der Waals surface area (Å²) in [5.41, 5.74) is 1.25. The molecular weight excluding hydrogens is 222 g/mol. The molecule has 1 N–H and O–H groups in total. The Morgan fingerprint density at radius 3 is 2.28 bits per heavy atom. The Balaban J connectivity index is 2.59. The van der Waals surface area contributed by atoms with E-state index in [-0.39, 0.29) is 6.10 Å². The summed E-state index contributed by atoms with van der Waals surface area (Å²) in [4.78, 5) is 0. The van der Waals surface area contributed by atoms with Crippen molar-refractivity contribution in [2.45, 2.75) is 52.3 Å². The molecular formula is C16H23NO. The summed E-state index contributed by atoms with van der Waals surface area (Å²) in [6.07, 6.45) is 6.26. The van der Waals surface area contributed by atoms with E-state index in [0.29, 0.717) is 12.1 Å². The number of rotatable bonds is 6. The van der Waals surface area contributed by atoms with Gasteiger partial charge in [-0.25, -0.2) is 0 Å². The number of hydrogen-bond acceptors (Lipinski definition) is 2. The lowest BCUT2D eigenvalue weighted by Gasteiger charge is -2.19. The van der Waals surface area contributed by atoms with E-state index in [1.165, 1.54) is 5.56 Å². The second kappa shape index (κ2) is 7.08. The minimum atomic E-state index is 0.210. The molecule has 1 rings (SSSR count). The Bertz CT molecular complexity index is 389. The van der Waals surface area contributed by atoms with Crippen LogP contribution in [0.2, 0.25) is 0 Å². The van der Waals surface area contributed by atoms with Crippen molar-refractivity contribution in [3.8, 4) is 18.1 Å². The molecule has 0 saturated carbocycles. The minimum absolute atomic E-state index is 0.210. The van der Waals surface area contributed by atoms with Gasteiger partial charge in [0.15, 0.2) is 0 Å². The van der Waals surface area contributed by atoms with Gasteiger partial charge in [-0.3, -0.25) is 0 Å². The molecule has 0 radical (unpaired) electrons. The number of benzene rings is 1. The summed E-state index contributed by atoms with van der Waals surface area (Å²) in [5.74, 6) is 3.59. The fourth-order valence-electron chi connectivity index (χ4n) is 1.87. The molecule has 18 heavy (non-hydrogen) atoms. The van der Waals surface area contributed by atoms with Gasteiger partial charge in [0, 0.05) is 18.5 Å². The van der Waals surface area contributed by atoms with Crippen molar-refractivity contribution in [3.63, 3.8) is 0 Å². The molecule has 0 aliphatic carbocycles. The highest BCUT2D eigenvalue weighted by Crippen LogP contribution is 2.19. The molecule has 2 heteroatoms. The molecule has 1 aromatic rings. The third-order valence-electron chi connectivity index (χ3n) is 2.71. The van der Waals surface area contributed by atoms with E-state index in [1.54, 1.807) is 0 Å². The van der Waals surface area contributed by atoms with E-state index < -0.39 is 0 Å². The summed E-state index contributed by atoms with van der Waals surface area (Å²) in [7, 11) is 0. The molecule has 0 aliphatic heterocycles. The van der Waals surface area contributed by atoms with E-state index in [1.807, 2.05) is 26.0 Å². The molecule has 2 atom stereocenters. The Morgan fingerprint density at radius 2 is 1.78 bits per heavy atom. The first kappa shape index (κ1) is 14.6. The smallest absolute Gasteiger partial charge is 0.119 e. The third kappa shape index (κ3) is 4.81. The van der Waals surface area contributed by atoms with Crippen LogP contribution in [0, 0.1) is 12.3 Å². The number of nitrogens with one attached hydrogen (secondary N) is 1. The van der Waals surface area contributed by atoms with Crippen LogP contribution in [0.1, 0.15) is 45.7 Å². The molecule has 0 aromatic heterocycles. The van der Waals surface area contributed by atoms with Gasteiger partial charge in [-0.05, 0) is 45.4 Å². The van der Waals surface area contributed by atoms with Gasteiger partial charge in [-0.15, -0.1) is 12.3 Å². The van der Waals surface area contributed by atoms with Gasteiger partial charge in [0.05, 0.1) is 6.10 Å². The summed E-state index contributed by atoms with van der Waals surface area (Å²) < 4.78 is 5.62. The highest BCUT2D eigenvalue weighted by Gasteiger charge is 2.08. The van der Waals surface area contributed by atoms with E-state index >= 15 is 0 Å². The van der Waals surface area contributed by atoms with Crippen molar-refractivity contribution in [1.82, 2.24) is 5.32 Å². The van der Waals surface area contributed by atoms with Crippen LogP contribution in [-0.2, 0) is 0 Å². The predicted octanol–water partition coefficient (Wildman–Crippen LogP) is 3.54. The zero-order valence-electron chi connectivity index (χ0n) is 11.7. The standard InChI is InChI=1S/C16H23NO/c1-6-7-13(4)17-14(5)15-8-10-16(11-9-15)18-12(2)3/h1,8-14,17H,7H2,2-5H3. The molecule has 0 spiro atoms. The molecule has 0 saturated heterocycles. The average molecular weight is 245 g/mol. The van der Waals surface area contributed by atoms with Crippen LogP contribution >= 0.6 is 0 Å². The van der Waals surface area contributed by atoms with Crippen molar-refractivity contribution in [2.24, 2.45) is 0 Å². The van der Waals surface area contributed by atoms with Crippen molar-refractivity contribution < 1.29 is 4.74 Å². The Hall–Kier alpha value is -1.46. The number of terminal acetylenes is 1. The number of ether oxygens (including phenoxy) is 1. The number of hydrogen-bond donors (Lipinski definition) is 1. The van der Waals surface area contributed by atoms with Crippen LogP contribution in [0.3, 0.4) is 0 Å². The quantitative estimate of drug-likeness (QED) is 0.774. The third-order valence-corrected chi connectivity index (χ3v) is 2.71. The van der Waals surface area contributed by atoms with Crippen molar-refractivity contribution in [1.29, 1.82) is 0 Å². The molecule has 1 aromatic carbocycles. The van der Waals surface area contributed by atoms with Crippen LogP contribution in [0.5, 0.6) is 5.75 Å². The Labute approximate surface area is 111 Å². The maximum absolute atomic E-state index is 5.62. The lowest BCUT2D eigenvalue weighted by Crippen LogP contribution is -2.28. The van der Waals surface area contributed by atoms with Gasteiger partial charge in [-0.2, -0.15) is 0 Å². The van der Waals surface area contributed by atoms with E-state index in [0.717, 1.165) is 12.2 Å². The van der Waals surface area contributed by atoms with Crippen molar-refractivity contribution >= 4 is 0 Å². The lowest BCUT2D eigenvalue weighted by molar-refractivity contribution is 0.242. The molecule has 2 unspecified atom stereocenters. The summed E-state index contributed by atoms with van der Waals surface area (Å²) in [6.45, 7) is 8.30. The van der Waals surface area contributed by atoms with Crippen molar-refractivity contribution in [3.05, 3.63) is 29.8 Å². The zero-order chi connectivity index (χ0) is 13.5. The predicted molar refractivity (Wildman–Crippen MR) is 76.7 cm³/mol. The average Bonchev–Trinajstić information content (AvgIpc) is 2.29. The van der Waals surface area contributed by atoms with Gasteiger partial charge in [0.25, 0.3) is 0 Å². The lowest BCUT2D eigenvalue weighted by atomic mass is 10.1. The summed E-state index contributed by atoms with van der Waals surface area (Å²) in [5, 5.41) is 3.47. The van der Waals surface area contributed by atoms with Gasteiger partial charge < -0.3 is 10.1 Å². The maximum atomic E-state index is 5.62. The first-order chi connectivity index (χ1) is 8.52. The van der Waals surface area contributed by atoms with E-state index in [9.17, 15) is 0 Å². The summed E-state index contributed by atoms with van der Waals surface area (Å²) in [6, 6.07) is 8.84. The van der Waals surface area contributed by atoms with Crippen LogP contribution in [0.4, 0.5) is 0 Å². The molecule has 0 fully saturated rings. The minimum Gasteiger partial charge on any atom is -0.491 e. The van der Waals surface area contributed by atoms with Gasteiger partial charge in [0.1, 0.15) is 5.75 Å². The van der Waals surface area contributed by atoms with Gasteiger partial charge in [-0.1, -0.05) is 12.1 Å². The molecule has 0 amide bonds. The van der Waals surface area contributed by atoms with Crippen molar-refractivity contribution in [2.75, 3.05) is 0 Å². The fraction of sp³-hybridized carbons (Fsp3) is 0.500. The zero-order valence-corrected chi connectivity index (χ0v) is 11.7.